The molecule has 0 spiro atoms. The molecule has 1 heteroatoms. The fourth-order valence-electron chi connectivity index (χ4n) is 2.08. The Morgan fingerprint density at radius 1 is 1.00 bits per heavy atom. The Bertz CT molecular complexity index is 215. The highest BCUT2D eigenvalue weighted by molar-refractivity contribution is 8.02. The molecule has 0 bridgehead atoms. The number of unbranched alkanes of at least 4 members (excludes halogenated alkanes) is 7. The minimum absolute atomic E-state index is 1.23. The molecule has 0 amide bonds. The average Bonchev–Trinajstić information content (AvgIpc) is 2.34. The van der Waals surface area contributed by atoms with Crippen LogP contribution >= 0.6 is 11.8 Å². The Labute approximate surface area is 106 Å². The van der Waals surface area contributed by atoms with Gasteiger partial charge in [0.25, 0.3) is 0 Å². The number of thioether (sulfide) groups is 1. The number of allylic oxidation sites excluding steroid dienone is 2. The molecular weight excluding hydrogens is 212 g/mol. The van der Waals surface area contributed by atoms with Crippen molar-refractivity contribution >= 4 is 11.8 Å². The molecule has 0 unspecified atom stereocenters. The smallest absolute Gasteiger partial charge is 0.0187 e. The molecule has 0 nitrogen and oxygen atoms in total. The first-order valence-corrected chi connectivity index (χ1v) is 7.94. The summed E-state index contributed by atoms with van der Waals surface area (Å²) in [6.45, 7) is 2.28. The quantitative estimate of drug-likeness (QED) is 0.464. The van der Waals surface area contributed by atoms with Gasteiger partial charge in [0, 0.05) is 5.75 Å². The van der Waals surface area contributed by atoms with Crippen molar-refractivity contribution in [2.45, 2.75) is 64.7 Å². The van der Waals surface area contributed by atoms with Gasteiger partial charge in [-0.1, -0.05) is 69.6 Å². The van der Waals surface area contributed by atoms with Crippen LogP contribution in [0.5, 0.6) is 0 Å². The van der Waals surface area contributed by atoms with Crippen LogP contribution in [0.15, 0.2) is 23.1 Å². The predicted molar refractivity (Wildman–Crippen MR) is 76.9 cm³/mol. The second-order valence-corrected chi connectivity index (χ2v) is 5.58. The van der Waals surface area contributed by atoms with Crippen LogP contribution in [0.1, 0.15) is 64.7 Å². The lowest BCUT2D eigenvalue weighted by Crippen LogP contribution is -1.90. The number of hydrogen-bond donors (Lipinski definition) is 0. The minimum Gasteiger partial charge on any atom is -0.130 e. The van der Waals surface area contributed by atoms with Gasteiger partial charge in [0.05, 0.1) is 0 Å². The van der Waals surface area contributed by atoms with Gasteiger partial charge in [-0.25, -0.2) is 0 Å². The largest absolute Gasteiger partial charge is 0.130 e. The SMILES string of the molecule is CCCCCCCCCCC1=CC=CSC1. The first-order chi connectivity index (χ1) is 7.93. The van der Waals surface area contributed by atoms with E-state index < -0.39 is 0 Å². The van der Waals surface area contributed by atoms with Crippen LogP contribution in [-0.4, -0.2) is 5.75 Å². The van der Waals surface area contributed by atoms with Crippen molar-refractivity contribution in [3.05, 3.63) is 23.1 Å². The Morgan fingerprint density at radius 2 is 1.69 bits per heavy atom. The van der Waals surface area contributed by atoms with Crippen LogP contribution in [0.25, 0.3) is 0 Å². The van der Waals surface area contributed by atoms with Gasteiger partial charge in [0.15, 0.2) is 0 Å². The van der Waals surface area contributed by atoms with E-state index in [2.05, 4.69) is 24.5 Å². The van der Waals surface area contributed by atoms with Crippen LogP contribution in [0, 0.1) is 0 Å². The molecule has 0 N–H and O–H groups in total. The second kappa shape index (κ2) is 10.0. The highest BCUT2D eigenvalue weighted by Crippen LogP contribution is 2.20. The van der Waals surface area contributed by atoms with E-state index in [-0.39, 0.29) is 0 Å². The van der Waals surface area contributed by atoms with E-state index in [9.17, 15) is 0 Å². The molecule has 1 aliphatic rings. The summed E-state index contributed by atoms with van der Waals surface area (Å²) >= 11 is 1.93. The minimum atomic E-state index is 1.23. The first-order valence-electron chi connectivity index (χ1n) is 6.89. The van der Waals surface area contributed by atoms with Gasteiger partial charge in [0.2, 0.25) is 0 Å². The highest BCUT2D eigenvalue weighted by Gasteiger charge is 1.99. The van der Waals surface area contributed by atoms with Crippen LogP contribution in [-0.2, 0) is 0 Å². The topological polar surface area (TPSA) is 0 Å². The Morgan fingerprint density at radius 3 is 2.31 bits per heavy atom. The van der Waals surface area contributed by atoms with E-state index in [0.29, 0.717) is 0 Å². The van der Waals surface area contributed by atoms with Crippen LogP contribution in [0.3, 0.4) is 0 Å². The molecule has 0 aromatic rings. The zero-order chi connectivity index (χ0) is 11.5. The van der Waals surface area contributed by atoms with Crippen LogP contribution in [0.2, 0.25) is 0 Å². The second-order valence-electron chi connectivity index (χ2n) is 4.69. The van der Waals surface area contributed by atoms with E-state index in [1.54, 1.807) is 5.57 Å². The van der Waals surface area contributed by atoms with Crippen molar-refractivity contribution < 1.29 is 0 Å². The summed E-state index contributed by atoms with van der Waals surface area (Å²) in [5, 5.41) is 2.19. The fourth-order valence-corrected chi connectivity index (χ4v) is 2.82. The normalized spacial score (nSPS) is 15.2. The van der Waals surface area contributed by atoms with E-state index >= 15 is 0 Å². The number of rotatable bonds is 9. The summed E-state index contributed by atoms with van der Waals surface area (Å²) in [7, 11) is 0. The zero-order valence-electron chi connectivity index (χ0n) is 10.7. The Balaban J connectivity index is 1.84. The van der Waals surface area contributed by atoms with E-state index in [1.165, 1.54) is 63.5 Å². The van der Waals surface area contributed by atoms with Crippen molar-refractivity contribution in [3.63, 3.8) is 0 Å². The van der Waals surface area contributed by atoms with Crippen LogP contribution < -0.4 is 0 Å². The molecule has 1 aliphatic heterocycles. The number of hydrogen-bond acceptors (Lipinski definition) is 1. The molecule has 0 radical (unpaired) electrons. The summed E-state index contributed by atoms with van der Waals surface area (Å²) in [6.07, 6.45) is 17.2. The molecule has 0 saturated heterocycles. The molecule has 92 valence electrons. The molecule has 0 atom stereocenters. The predicted octanol–water partition coefficient (Wildman–Crippen LogP) is 5.70. The van der Waals surface area contributed by atoms with Crippen molar-refractivity contribution in [2.75, 3.05) is 5.75 Å². The van der Waals surface area contributed by atoms with Crippen molar-refractivity contribution in [1.82, 2.24) is 0 Å². The standard InChI is InChI=1S/C15H26S/c1-2-3-4-5-6-7-8-9-11-15-12-10-13-16-14-15/h10,12-13H,2-9,11,14H2,1H3. The highest BCUT2D eigenvalue weighted by atomic mass is 32.2. The van der Waals surface area contributed by atoms with Gasteiger partial charge in [-0.2, -0.15) is 0 Å². The summed E-state index contributed by atoms with van der Waals surface area (Å²) in [4.78, 5) is 0. The lowest BCUT2D eigenvalue weighted by atomic mass is 10.0. The van der Waals surface area contributed by atoms with E-state index in [4.69, 9.17) is 0 Å². The van der Waals surface area contributed by atoms with Crippen molar-refractivity contribution in [2.24, 2.45) is 0 Å². The maximum Gasteiger partial charge on any atom is 0.0187 e. The lowest BCUT2D eigenvalue weighted by molar-refractivity contribution is 0.575. The molecule has 0 saturated carbocycles. The molecule has 0 fully saturated rings. The van der Waals surface area contributed by atoms with Gasteiger partial charge in [0.1, 0.15) is 0 Å². The van der Waals surface area contributed by atoms with Gasteiger partial charge in [-0.15, -0.1) is 11.8 Å². The van der Waals surface area contributed by atoms with Crippen LogP contribution in [0.4, 0.5) is 0 Å². The van der Waals surface area contributed by atoms with Crippen molar-refractivity contribution in [1.29, 1.82) is 0 Å². The van der Waals surface area contributed by atoms with Gasteiger partial charge < -0.3 is 0 Å². The summed E-state index contributed by atoms with van der Waals surface area (Å²) < 4.78 is 0. The summed E-state index contributed by atoms with van der Waals surface area (Å²) in [6, 6.07) is 0. The third-order valence-electron chi connectivity index (χ3n) is 3.13. The molecule has 16 heavy (non-hydrogen) atoms. The molecule has 1 rings (SSSR count). The first kappa shape index (κ1) is 13.9. The van der Waals surface area contributed by atoms with Gasteiger partial charge in [-0.3, -0.25) is 0 Å². The molecule has 0 aromatic carbocycles. The molecular formula is C15H26S. The average molecular weight is 238 g/mol. The fraction of sp³-hybridized carbons (Fsp3) is 0.733. The third-order valence-corrected chi connectivity index (χ3v) is 4.01. The van der Waals surface area contributed by atoms with Crippen molar-refractivity contribution in [3.8, 4) is 0 Å². The zero-order valence-corrected chi connectivity index (χ0v) is 11.5. The Hall–Kier alpha value is -0.170. The third kappa shape index (κ3) is 7.16. The maximum atomic E-state index is 2.30. The maximum absolute atomic E-state index is 2.30. The monoisotopic (exact) mass is 238 g/mol. The molecule has 0 aromatic heterocycles. The van der Waals surface area contributed by atoms with E-state index in [0.717, 1.165) is 0 Å². The summed E-state index contributed by atoms with van der Waals surface area (Å²) in [5.74, 6) is 1.23. The molecule has 0 aliphatic carbocycles. The Kier molecular flexibility index (Phi) is 8.70. The van der Waals surface area contributed by atoms with Gasteiger partial charge >= 0.3 is 0 Å². The van der Waals surface area contributed by atoms with Gasteiger partial charge in [-0.05, 0) is 18.2 Å². The molecule has 1 heterocycles. The lowest BCUT2D eigenvalue weighted by Gasteiger charge is -2.08. The van der Waals surface area contributed by atoms with E-state index in [1.807, 2.05) is 11.8 Å². The summed E-state index contributed by atoms with van der Waals surface area (Å²) in [5.41, 5.74) is 1.64.